The number of ether oxygens (including phenoxy) is 2. The SMILES string of the molecule is CCCCCCCCC(CCCCCCCC)OC(=O)CCCCCCCN(CCCCCCCC(=O)OCCC(CCCC)CCCC)CCCNC(=O)C1(C)CC1. The van der Waals surface area contributed by atoms with Crippen molar-refractivity contribution in [3.8, 4) is 0 Å². The Balaban J connectivity index is 2.33. The van der Waals surface area contributed by atoms with Crippen LogP contribution in [0.3, 0.4) is 0 Å². The van der Waals surface area contributed by atoms with Crippen LogP contribution in [-0.2, 0) is 23.9 Å². The molecule has 0 spiro atoms. The molecule has 1 aliphatic rings. The van der Waals surface area contributed by atoms with Gasteiger partial charge in [-0.05, 0) is 103 Å². The molecule has 0 aromatic rings. The number of esters is 2. The van der Waals surface area contributed by atoms with Crippen LogP contribution in [0.1, 0.15) is 266 Å². The van der Waals surface area contributed by atoms with Crippen LogP contribution in [-0.4, -0.2) is 61.6 Å². The largest absolute Gasteiger partial charge is 0.466 e. The molecule has 1 fully saturated rings. The number of carbonyl (C=O) groups is 3. The maximum atomic E-state index is 12.9. The van der Waals surface area contributed by atoms with E-state index in [4.69, 9.17) is 9.47 Å². The zero-order valence-corrected chi connectivity index (χ0v) is 40.1. The molecule has 1 amide bonds. The summed E-state index contributed by atoms with van der Waals surface area (Å²) >= 11 is 0. The molecule has 1 aliphatic carbocycles. The van der Waals surface area contributed by atoms with Crippen LogP contribution in [0.25, 0.3) is 0 Å². The molecule has 0 aliphatic heterocycles. The van der Waals surface area contributed by atoms with Crippen LogP contribution >= 0.6 is 0 Å². The highest BCUT2D eigenvalue weighted by atomic mass is 16.5. The molecule has 0 bridgehead atoms. The molecule has 0 aromatic carbocycles. The highest BCUT2D eigenvalue weighted by molar-refractivity contribution is 5.84. The van der Waals surface area contributed by atoms with Gasteiger partial charge < -0.3 is 19.7 Å². The van der Waals surface area contributed by atoms with Crippen molar-refractivity contribution in [2.45, 2.75) is 272 Å². The monoisotopic (exact) mass is 833 g/mol. The number of hydrogen-bond acceptors (Lipinski definition) is 6. The first-order valence-corrected chi connectivity index (χ1v) is 26.1. The maximum absolute atomic E-state index is 12.9. The van der Waals surface area contributed by atoms with Crippen LogP contribution in [0, 0.1) is 11.3 Å². The molecule has 7 heteroatoms. The van der Waals surface area contributed by atoms with E-state index in [0.29, 0.717) is 25.4 Å². The number of amides is 1. The van der Waals surface area contributed by atoms with Gasteiger partial charge >= 0.3 is 11.9 Å². The van der Waals surface area contributed by atoms with E-state index in [0.717, 1.165) is 103 Å². The highest BCUT2D eigenvalue weighted by Gasteiger charge is 2.44. The van der Waals surface area contributed by atoms with Crippen molar-refractivity contribution in [3.05, 3.63) is 0 Å². The zero-order chi connectivity index (χ0) is 43.1. The Bertz CT molecular complexity index is 960. The number of carbonyl (C=O) groups excluding carboxylic acids is 3. The number of nitrogens with zero attached hydrogens (tertiary/aromatic N) is 1. The van der Waals surface area contributed by atoms with E-state index in [-0.39, 0.29) is 29.4 Å². The molecule has 0 aromatic heterocycles. The summed E-state index contributed by atoms with van der Waals surface area (Å²) in [6.45, 7) is 15.7. The summed E-state index contributed by atoms with van der Waals surface area (Å²) in [6, 6.07) is 0. The second-order valence-electron chi connectivity index (χ2n) is 18.9. The molecule has 7 nitrogen and oxygen atoms in total. The lowest BCUT2D eigenvalue weighted by Crippen LogP contribution is -2.34. The zero-order valence-electron chi connectivity index (χ0n) is 40.1. The summed E-state index contributed by atoms with van der Waals surface area (Å²) in [5, 5.41) is 3.18. The standard InChI is InChI=1S/C52H100N2O5/c1-6-10-14-16-20-26-35-48(36-27-21-17-15-11-7-2)59-50(56)38-29-23-19-25-31-44-54(45-32-42-53-51(57)52(5)40-41-52)43-30-24-18-22-28-37-49(55)58-46-39-47(33-12-8-3)34-13-9-4/h47-48H,6-46H2,1-5H3,(H,53,57). The summed E-state index contributed by atoms with van der Waals surface area (Å²) in [4.78, 5) is 40.2. The van der Waals surface area contributed by atoms with Crippen LogP contribution in [0.5, 0.6) is 0 Å². The topological polar surface area (TPSA) is 84.9 Å². The Labute approximate surface area is 366 Å². The molecule has 0 unspecified atom stereocenters. The number of hydrogen-bond donors (Lipinski definition) is 1. The lowest BCUT2D eigenvalue weighted by Gasteiger charge is -2.23. The first-order valence-electron chi connectivity index (χ1n) is 26.1. The lowest BCUT2D eigenvalue weighted by molar-refractivity contribution is -0.150. The number of nitrogens with one attached hydrogen (secondary N) is 1. The van der Waals surface area contributed by atoms with Crippen molar-refractivity contribution in [3.63, 3.8) is 0 Å². The fourth-order valence-corrected chi connectivity index (χ4v) is 8.38. The van der Waals surface area contributed by atoms with Crippen molar-refractivity contribution in [1.29, 1.82) is 0 Å². The third-order valence-electron chi connectivity index (χ3n) is 13.0. The van der Waals surface area contributed by atoms with Gasteiger partial charge in [-0.25, -0.2) is 0 Å². The van der Waals surface area contributed by atoms with Crippen LogP contribution in [0.2, 0.25) is 0 Å². The van der Waals surface area contributed by atoms with Gasteiger partial charge in [0.25, 0.3) is 0 Å². The Morgan fingerprint density at radius 3 is 1.46 bits per heavy atom. The molecule has 348 valence electrons. The summed E-state index contributed by atoms with van der Waals surface area (Å²) in [7, 11) is 0. The Morgan fingerprint density at radius 1 is 0.508 bits per heavy atom. The normalized spacial score (nSPS) is 13.4. The molecule has 0 heterocycles. The van der Waals surface area contributed by atoms with Gasteiger partial charge in [-0.15, -0.1) is 0 Å². The van der Waals surface area contributed by atoms with Crippen molar-refractivity contribution in [1.82, 2.24) is 10.2 Å². The lowest BCUT2D eigenvalue weighted by atomic mass is 9.93. The van der Waals surface area contributed by atoms with Crippen LogP contribution < -0.4 is 5.32 Å². The molecule has 1 rings (SSSR count). The number of rotatable bonds is 45. The Hall–Kier alpha value is -1.63. The molecule has 0 saturated heterocycles. The first kappa shape index (κ1) is 55.4. The number of unbranched alkanes of at least 4 members (excludes halogenated alkanes) is 20. The summed E-state index contributed by atoms with van der Waals surface area (Å²) < 4.78 is 11.7. The van der Waals surface area contributed by atoms with Gasteiger partial charge in [-0.3, -0.25) is 14.4 Å². The predicted molar refractivity (Wildman–Crippen MR) is 251 cm³/mol. The van der Waals surface area contributed by atoms with Gasteiger partial charge in [0.1, 0.15) is 6.10 Å². The Morgan fingerprint density at radius 2 is 0.949 bits per heavy atom. The van der Waals surface area contributed by atoms with Gasteiger partial charge in [-0.1, -0.05) is 176 Å². The van der Waals surface area contributed by atoms with E-state index >= 15 is 0 Å². The highest BCUT2D eigenvalue weighted by Crippen LogP contribution is 2.44. The van der Waals surface area contributed by atoms with Gasteiger partial charge in [-0.2, -0.15) is 0 Å². The maximum Gasteiger partial charge on any atom is 0.306 e. The van der Waals surface area contributed by atoms with E-state index in [1.54, 1.807) is 0 Å². The predicted octanol–water partition coefficient (Wildman–Crippen LogP) is 14.6. The van der Waals surface area contributed by atoms with E-state index in [1.165, 1.54) is 141 Å². The third-order valence-corrected chi connectivity index (χ3v) is 13.0. The second-order valence-corrected chi connectivity index (χ2v) is 18.9. The van der Waals surface area contributed by atoms with Crippen LogP contribution in [0.15, 0.2) is 0 Å². The van der Waals surface area contributed by atoms with E-state index in [1.807, 2.05) is 0 Å². The molecule has 1 saturated carbocycles. The van der Waals surface area contributed by atoms with Gasteiger partial charge in [0.05, 0.1) is 6.61 Å². The van der Waals surface area contributed by atoms with Gasteiger partial charge in [0.15, 0.2) is 0 Å². The fourth-order valence-electron chi connectivity index (χ4n) is 8.38. The van der Waals surface area contributed by atoms with Crippen molar-refractivity contribution in [2.75, 3.05) is 32.8 Å². The summed E-state index contributed by atoms with van der Waals surface area (Å²) in [5.74, 6) is 0.928. The first-order chi connectivity index (χ1) is 28.8. The molecule has 0 atom stereocenters. The average molecular weight is 833 g/mol. The van der Waals surface area contributed by atoms with E-state index in [2.05, 4.69) is 44.8 Å². The minimum atomic E-state index is -0.110. The second kappa shape index (κ2) is 39.2. The average Bonchev–Trinajstić information content (AvgIpc) is 3.99. The van der Waals surface area contributed by atoms with Crippen LogP contribution in [0.4, 0.5) is 0 Å². The minimum Gasteiger partial charge on any atom is -0.466 e. The molecule has 0 radical (unpaired) electrons. The fraction of sp³-hybridized carbons (Fsp3) is 0.942. The van der Waals surface area contributed by atoms with Crippen molar-refractivity contribution < 1.29 is 23.9 Å². The molecular formula is C52H100N2O5. The summed E-state index contributed by atoms with van der Waals surface area (Å²) in [5.41, 5.74) is -0.110. The molecule has 59 heavy (non-hydrogen) atoms. The minimum absolute atomic E-state index is 0.0184. The smallest absolute Gasteiger partial charge is 0.306 e. The van der Waals surface area contributed by atoms with E-state index < -0.39 is 0 Å². The van der Waals surface area contributed by atoms with Gasteiger partial charge in [0.2, 0.25) is 5.91 Å². The van der Waals surface area contributed by atoms with Crippen molar-refractivity contribution >= 4 is 17.8 Å². The molecule has 1 N–H and O–H groups in total. The van der Waals surface area contributed by atoms with E-state index in [9.17, 15) is 14.4 Å². The third kappa shape index (κ3) is 33.7. The van der Waals surface area contributed by atoms with Crippen molar-refractivity contribution in [2.24, 2.45) is 11.3 Å². The Kier molecular flexibility index (Phi) is 36.8. The quantitative estimate of drug-likeness (QED) is 0.0486. The summed E-state index contributed by atoms with van der Waals surface area (Å²) in [6.07, 6.45) is 41.3. The van der Waals surface area contributed by atoms with Gasteiger partial charge in [0, 0.05) is 24.8 Å². The molecular weight excluding hydrogens is 733 g/mol.